The van der Waals surface area contributed by atoms with Gasteiger partial charge >= 0.3 is 0 Å². The molecule has 2 aromatic rings. The Morgan fingerprint density at radius 1 is 0.560 bits per heavy atom. The summed E-state index contributed by atoms with van der Waals surface area (Å²) in [5.74, 6) is 0. The van der Waals surface area contributed by atoms with Crippen molar-refractivity contribution in [2.24, 2.45) is 0 Å². The number of benzene rings is 2. The van der Waals surface area contributed by atoms with Crippen LogP contribution in [0.15, 0.2) is 36.4 Å². The zero-order chi connectivity index (χ0) is 18.7. The van der Waals surface area contributed by atoms with Gasteiger partial charge in [-0.15, -0.1) is 0 Å². The maximum absolute atomic E-state index is 11.7. The van der Waals surface area contributed by atoms with Gasteiger partial charge < -0.3 is 0 Å². The Morgan fingerprint density at radius 3 is 1.00 bits per heavy atom. The monoisotopic (exact) mass is 416 g/mol. The van der Waals surface area contributed by atoms with Crippen LogP contribution in [0.1, 0.15) is 52.6 Å². The highest BCUT2D eigenvalue weighted by Crippen LogP contribution is 2.27. The minimum atomic E-state index is -0.816. The van der Waals surface area contributed by atoms with Crippen LogP contribution < -0.4 is 0 Å². The molecule has 128 valence electrons. The number of hydrogen-bond acceptors (Lipinski definition) is 4. The van der Waals surface area contributed by atoms with E-state index in [0.29, 0.717) is 0 Å². The molecule has 8 heteroatoms. The zero-order valence-electron chi connectivity index (χ0n) is 12.3. The normalized spacial score (nSPS) is 10.4. The quantitative estimate of drug-likeness (QED) is 0.633. The molecule has 0 aliphatic carbocycles. The topological polar surface area (TPSA) is 68.3 Å². The van der Waals surface area contributed by atoms with Gasteiger partial charge in [-0.25, -0.2) is 0 Å². The Balaban J connectivity index is 2.76. The summed E-state index contributed by atoms with van der Waals surface area (Å²) < 4.78 is 0. The Labute approximate surface area is 162 Å². The van der Waals surface area contributed by atoms with Crippen molar-refractivity contribution in [3.8, 4) is 0 Å². The first-order valence-electron chi connectivity index (χ1n) is 6.77. The molecule has 0 aromatic heterocycles. The lowest BCUT2D eigenvalue weighted by atomic mass is 9.91. The maximum atomic E-state index is 11.7. The minimum absolute atomic E-state index is 0.0259. The van der Waals surface area contributed by atoms with Crippen LogP contribution in [0.4, 0.5) is 0 Å². The van der Waals surface area contributed by atoms with Gasteiger partial charge in [0.25, 0.3) is 21.0 Å². The molecule has 0 saturated heterocycles. The third-order valence-corrected chi connectivity index (χ3v) is 4.37. The van der Waals surface area contributed by atoms with Gasteiger partial charge in [0, 0.05) is 28.7 Å². The van der Waals surface area contributed by atoms with E-state index in [0.717, 1.165) is 0 Å². The van der Waals surface area contributed by atoms with Crippen LogP contribution in [0.3, 0.4) is 0 Å². The lowest BCUT2D eigenvalue weighted by Gasteiger charge is -2.14. The zero-order valence-corrected chi connectivity index (χ0v) is 15.3. The van der Waals surface area contributed by atoms with E-state index >= 15 is 0 Å². The Kier molecular flexibility index (Phi) is 6.36. The summed E-state index contributed by atoms with van der Waals surface area (Å²) >= 11 is 22.3. The van der Waals surface area contributed by atoms with E-state index in [-0.39, 0.29) is 39.8 Å². The lowest BCUT2D eigenvalue weighted by molar-refractivity contribution is 0.106. The summed E-state index contributed by atoms with van der Waals surface area (Å²) in [5, 5.41) is -3.27. The average Bonchev–Trinajstić information content (AvgIpc) is 2.54. The summed E-state index contributed by atoms with van der Waals surface area (Å²) in [6.45, 7) is 0. The Morgan fingerprint density at radius 2 is 0.800 bits per heavy atom. The van der Waals surface area contributed by atoms with Crippen LogP contribution >= 0.6 is 46.4 Å². The van der Waals surface area contributed by atoms with Gasteiger partial charge in [0.2, 0.25) is 0 Å². The van der Waals surface area contributed by atoms with Crippen molar-refractivity contribution in [3.05, 3.63) is 69.8 Å². The molecule has 0 atom stereocenters. The molecule has 0 fully saturated rings. The molecule has 0 bridgehead atoms. The number of halogens is 4. The molecule has 0 unspecified atom stereocenters. The standard InChI is InChI=1S/C17H8Cl4O4/c18-14(22)8-3-1-4-9(15(19)23)12(8)7-13-10(16(20)24)5-2-6-11(13)17(21)25/h1-6H,7H2. The molecule has 25 heavy (non-hydrogen) atoms. The smallest absolute Gasteiger partial charge is 0.252 e. The number of carbonyl (C=O) groups excluding carboxylic acids is 4. The van der Waals surface area contributed by atoms with Crippen molar-refractivity contribution >= 4 is 67.4 Å². The molecule has 0 aliphatic heterocycles. The molecule has 0 amide bonds. The highest BCUT2D eigenvalue weighted by atomic mass is 35.5. The number of hydrogen-bond donors (Lipinski definition) is 0. The Bertz CT molecular complexity index is 768. The highest BCUT2D eigenvalue weighted by Gasteiger charge is 2.22. The SMILES string of the molecule is O=C(Cl)c1cccc(C(=O)Cl)c1Cc1c(C(=O)Cl)cccc1C(=O)Cl. The van der Waals surface area contributed by atoms with Gasteiger partial charge in [0.1, 0.15) is 0 Å². The van der Waals surface area contributed by atoms with Crippen LogP contribution in [0, 0.1) is 0 Å². The van der Waals surface area contributed by atoms with E-state index in [9.17, 15) is 19.2 Å². The summed E-state index contributed by atoms with van der Waals surface area (Å²) in [6.07, 6.45) is -0.162. The molecule has 0 aliphatic rings. The minimum Gasteiger partial charge on any atom is -0.276 e. The number of rotatable bonds is 6. The summed E-state index contributed by atoms with van der Waals surface area (Å²) in [5.41, 5.74) is 0.450. The molecule has 0 spiro atoms. The van der Waals surface area contributed by atoms with Crippen LogP contribution in [0.25, 0.3) is 0 Å². The van der Waals surface area contributed by atoms with Crippen molar-refractivity contribution < 1.29 is 19.2 Å². The predicted octanol–water partition coefficient (Wildman–Crippen LogP) is 4.79. The van der Waals surface area contributed by atoms with Gasteiger partial charge in [-0.05, 0) is 81.8 Å². The van der Waals surface area contributed by atoms with E-state index in [1.54, 1.807) is 0 Å². The molecular formula is C17H8Cl4O4. The summed E-state index contributed by atoms with van der Waals surface area (Å²) in [4.78, 5) is 46.8. The number of carbonyl (C=O) groups is 4. The van der Waals surface area contributed by atoms with Gasteiger partial charge in [0.05, 0.1) is 0 Å². The molecule has 0 N–H and O–H groups in total. The first kappa shape index (κ1) is 19.6. The fourth-order valence-electron chi connectivity index (χ4n) is 2.47. The molecule has 0 radical (unpaired) electrons. The van der Waals surface area contributed by atoms with Crippen LogP contribution in [-0.2, 0) is 6.42 Å². The van der Waals surface area contributed by atoms with Crippen molar-refractivity contribution in [1.82, 2.24) is 0 Å². The van der Waals surface area contributed by atoms with Gasteiger partial charge in [-0.2, -0.15) is 0 Å². The fourth-order valence-corrected chi connectivity index (χ4v) is 3.18. The third-order valence-electron chi connectivity index (χ3n) is 3.55. The van der Waals surface area contributed by atoms with E-state index in [2.05, 4.69) is 0 Å². The van der Waals surface area contributed by atoms with E-state index in [4.69, 9.17) is 46.4 Å². The van der Waals surface area contributed by atoms with Crippen LogP contribution in [-0.4, -0.2) is 21.0 Å². The van der Waals surface area contributed by atoms with Crippen molar-refractivity contribution in [2.75, 3.05) is 0 Å². The van der Waals surface area contributed by atoms with E-state index < -0.39 is 21.0 Å². The van der Waals surface area contributed by atoms with Gasteiger partial charge in [-0.1, -0.05) is 12.1 Å². The third kappa shape index (κ3) is 4.28. The molecule has 0 saturated carbocycles. The van der Waals surface area contributed by atoms with Crippen molar-refractivity contribution in [1.29, 1.82) is 0 Å². The van der Waals surface area contributed by atoms with E-state index in [1.165, 1.54) is 36.4 Å². The average molecular weight is 418 g/mol. The van der Waals surface area contributed by atoms with Gasteiger partial charge in [-0.3, -0.25) is 19.2 Å². The van der Waals surface area contributed by atoms with Crippen LogP contribution in [0.5, 0.6) is 0 Å². The molecule has 4 nitrogen and oxygen atoms in total. The second-order valence-electron chi connectivity index (χ2n) is 4.93. The Hall–Kier alpha value is -1.72. The van der Waals surface area contributed by atoms with Crippen molar-refractivity contribution in [2.45, 2.75) is 6.42 Å². The first-order valence-corrected chi connectivity index (χ1v) is 8.28. The molecular weight excluding hydrogens is 410 g/mol. The second kappa shape index (κ2) is 8.11. The van der Waals surface area contributed by atoms with Crippen LogP contribution in [0.2, 0.25) is 0 Å². The van der Waals surface area contributed by atoms with E-state index in [1.807, 2.05) is 0 Å². The molecule has 2 aromatic carbocycles. The highest BCUT2D eigenvalue weighted by molar-refractivity contribution is 6.70. The first-order chi connectivity index (χ1) is 11.7. The summed E-state index contributed by atoms with van der Waals surface area (Å²) in [6, 6.07) is 8.51. The largest absolute Gasteiger partial charge is 0.276 e. The molecule has 2 rings (SSSR count). The predicted molar refractivity (Wildman–Crippen MR) is 96.4 cm³/mol. The lowest BCUT2D eigenvalue weighted by Crippen LogP contribution is -2.11. The van der Waals surface area contributed by atoms with Crippen molar-refractivity contribution in [3.63, 3.8) is 0 Å². The van der Waals surface area contributed by atoms with Gasteiger partial charge in [0.15, 0.2) is 0 Å². The second-order valence-corrected chi connectivity index (χ2v) is 6.31. The fraction of sp³-hybridized carbons (Fsp3) is 0.0588. The summed E-state index contributed by atoms with van der Waals surface area (Å²) in [7, 11) is 0. The maximum Gasteiger partial charge on any atom is 0.252 e. The molecule has 0 heterocycles.